The average Bonchev–Trinajstić information content (AvgIpc) is 2.41. The Kier molecular flexibility index (Phi) is 4.19. The van der Waals surface area contributed by atoms with Crippen molar-refractivity contribution in [3.63, 3.8) is 0 Å². The summed E-state index contributed by atoms with van der Waals surface area (Å²) in [5.41, 5.74) is 3.14. The van der Waals surface area contributed by atoms with Gasteiger partial charge in [0, 0.05) is 29.8 Å². The number of hydrogen-bond donors (Lipinski definition) is 0. The van der Waals surface area contributed by atoms with Crippen molar-refractivity contribution in [2.75, 3.05) is 0 Å². The highest BCUT2D eigenvalue weighted by Gasteiger charge is 2.06. The average molecular weight is 227 g/mol. The predicted molar refractivity (Wildman–Crippen MR) is 68.5 cm³/mol. The predicted octanol–water partition coefficient (Wildman–Crippen LogP) is 3.27. The van der Waals surface area contributed by atoms with Crippen LogP contribution in [0.1, 0.15) is 31.9 Å². The van der Waals surface area contributed by atoms with E-state index in [-0.39, 0.29) is 0 Å². The lowest BCUT2D eigenvalue weighted by atomic mass is 10.1. The third kappa shape index (κ3) is 3.09. The molecule has 0 amide bonds. The normalized spacial score (nSPS) is 10.4. The molecule has 0 aromatic carbocycles. The summed E-state index contributed by atoms with van der Waals surface area (Å²) in [5.74, 6) is 0. The van der Waals surface area contributed by atoms with Crippen molar-refractivity contribution in [1.29, 1.82) is 0 Å². The molecule has 3 heteroatoms. The minimum Gasteiger partial charge on any atom is -0.261 e. The number of aromatic nitrogens is 3. The van der Waals surface area contributed by atoms with Gasteiger partial charge in [0.05, 0.1) is 11.9 Å². The Morgan fingerprint density at radius 2 is 2.00 bits per heavy atom. The van der Waals surface area contributed by atoms with Crippen LogP contribution in [-0.4, -0.2) is 15.0 Å². The van der Waals surface area contributed by atoms with Crippen LogP contribution in [0.25, 0.3) is 11.3 Å². The second-order valence-corrected chi connectivity index (χ2v) is 4.05. The maximum atomic E-state index is 4.46. The lowest BCUT2D eigenvalue weighted by Crippen LogP contribution is -1.96. The van der Waals surface area contributed by atoms with Crippen LogP contribution < -0.4 is 0 Å². The number of hydrogen-bond acceptors (Lipinski definition) is 3. The molecule has 2 aromatic heterocycles. The van der Waals surface area contributed by atoms with Crippen molar-refractivity contribution in [2.45, 2.75) is 32.6 Å². The fourth-order valence-electron chi connectivity index (χ4n) is 1.85. The van der Waals surface area contributed by atoms with Gasteiger partial charge in [0.2, 0.25) is 0 Å². The van der Waals surface area contributed by atoms with Gasteiger partial charge in [-0.1, -0.05) is 19.8 Å². The molecule has 88 valence electrons. The van der Waals surface area contributed by atoms with Crippen molar-refractivity contribution in [3.8, 4) is 11.3 Å². The summed E-state index contributed by atoms with van der Waals surface area (Å²) in [6.45, 7) is 2.21. The molecular weight excluding hydrogens is 210 g/mol. The van der Waals surface area contributed by atoms with Gasteiger partial charge in [-0.2, -0.15) is 0 Å². The zero-order chi connectivity index (χ0) is 11.9. The zero-order valence-corrected chi connectivity index (χ0v) is 10.1. The molecule has 2 aromatic rings. The van der Waals surface area contributed by atoms with Crippen molar-refractivity contribution in [2.24, 2.45) is 0 Å². The van der Waals surface area contributed by atoms with Gasteiger partial charge in [0.1, 0.15) is 0 Å². The van der Waals surface area contributed by atoms with Gasteiger partial charge < -0.3 is 0 Å². The summed E-state index contributed by atoms with van der Waals surface area (Å²) < 4.78 is 0. The van der Waals surface area contributed by atoms with Crippen LogP contribution >= 0.6 is 0 Å². The first kappa shape index (κ1) is 11.7. The summed E-state index contributed by atoms with van der Waals surface area (Å²) in [7, 11) is 0. The molecule has 0 atom stereocenters. The number of unbranched alkanes of at least 4 members (excludes halogenated alkanes) is 2. The Hall–Kier alpha value is -1.77. The summed E-state index contributed by atoms with van der Waals surface area (Å²) in [5, 5.41) is 0. The van der Waals surface area contributed by atoms with Crippen molar-refractivity contribution >= 4 is 0 Å². The van der Waals surface area contributed by atoms with E-state index in [9.17, 15) is 0 Å². The van der Waals surface area contributed by atoms with E-state index in [4.69, 9.17) is 0 Å². The molecule has 0 radical (unpaired) electrons. The largest absolute Gasteiger partial charge is 0.261 e. The Morgan fingerprint density at radius 1 is 1.06 bits per heavy atom. The van der Waals surface area contributed by atoms with E-state index in [2.05, 4.69) is 27.9 Å². The lowest BCUT2D eigenvalue weighted by Gasteiger charge is -2.06. The maximum Gasteiger partial charge on any atom is 0.0903 e. The number of rotatable bonds is 5. The Labute approximate surface area is 102 Å². The summed E-state index contributed by atoms with van der Waals surface area (Å²) >= 11 is 0. The van der Waals surface area contributed by atoms with Gasteiger partial charge in [-0.15, -0.1) is 0 Å². The minimum absolute atomic E-state index is 0.909. The van der Waals surface area contributed by atoms with Gasteiger partial charge >= 0.3 is 0 Å². The topological polar surface area (TPSA) is 38.7 Å². The molecule has 0 N–H and O–H groups in total. The molecular formula is C14H17N3. The fourth-order valence-corrected chi connectivity index (χ4v) is 1.85. The van der Waals surface area contributed by atoms with Gasteiger partial charge in [-0.3, -0.25) is 15.0 Å². The molecule has 0 aliphatic carbocycles. The Balaban J connectivity index is 2.22. The summed E-state index contributed by atoms with van der Waals surface area (Å²) in [4.78, 5) is 12.9. The maximum absolute atomic E-state index is 4.46. The van der Waals surface area contributed by atoms with E-state index < -0.39 is 0 Å². The molecule has 0 aliphatic rings. The Bertz CT molecular complexity index is 454. The van der Waals surface area contributed by atoms with Crippen LogP contribution in [0.2, 0.25) is 0 Å². The lowest BCUT2D eigenvalue weighted by molar-refractivity contribution is 0.708. The molecule has 0 aliphatic heterocycles. The van der Waals surface area contributed by atoms with E-state index >= 15 is 0 Å². The van der Waals surface area contributed by atoms with Gasteiger partial charge in [-0.25, -0.2) is 0 Å². The first-order valence-corrected chi connectivity index (χ1v) is 6.12. The van der Waals surface area contributed by atoms with E-state index in [0.29, 0.717) is 0 Å². The molecule has 2 rings (SSSR count). The quantitative estimate of drug-likeness (QED) is 0.736. The fraction of sp³-hybridized carbons (Fsp3) is 0.357. The van der Waals surface area contributed by atoms with Crippen LogP contribution in [0, 0.1) is 0 Å². The molecule has 0 unspecified atom stereocenters. The van der Waals surface area contributed by atoms with Crippen LogP contribution in [-0.2, 0) is 6.42 Å². The first-order chi connectivity index (χ1) is 8.42. The van der Waals surface area contributed by atoms with E-state index in [1.54, 1.807) is 18.6 Å². The highest BCUT2D eigenvalue weighted by atomic mass is 14.8. The molecule has 0 bridgehead atoms. The van der Waals surface area contributed by atoms with Gasteiger partial charge in [0.15, 0.2) is 0 Å². The van der Waals surface area contributed by atoms with E-state index in [1.165, 1.54) is 19.3 Å². The molecule has 0 saturated heterocycles. The summed E-state index contributed by atoms with van der Waals surface area (Å²) in [6.07, 6.45) is 11.7. The minimum atomic E-state index is 0.909. The third-order valence-corrected chi connectivity index (χ3v) is 2.75. The number of nitrogens with zero attached hydrogens (tertiary/aromatic N) is 3. The second kappa shape index (κ2) is 6.09. The SMILES string of the molecule is CCCCCc1ncccc1-c1cnccn1. The smallest absolute Gasteiger partial charge is 0.0903 e. The van der Waals surface area contributed by atoms with E-state index in [0.717, 1.165) is 23.4 Å². The van der Waals surface area contributed by atoms with Gasteiger partial charge in [-0.05, 0) is 25.0 Å². The number of pyridine rings is 1. The second-order valence-electron chi connectivity index (χ2n) is 4.05. The first-order valence-electron chi connectivity index (χ1n) is 6.12. The molecule has 3 nitrogen and oxygen atoms in total. The summed E-state index contributed by atoms with van der Waals surface area (Å²) in [6, 6.07) is 4.02. The highest BCUT2D eigenvalue weighted by molar-refractivity contribution is 5.60. The van der Waals surface area contributed by atoms with Gasteiger partial charge in [0.25, 0.3) is 0 Å². The van der Waals surface area contributed by atoms with Crippen LogP contribution in [0.4, 0.5) is 0 Å². The van der Waals surface area contributed by atoms with Crippen LogP contribution in [0.15, 0.2) is 36.9 Å². The zero-order valence-electron chi connectivity index (χ0n) is 10.1. The molecule has 0 spiro atoms. The van der Waals surface area contributed by atoms with Crippen LogP contribution in [0.5, 0.6) is 0 Å². The van der Waals surface area contributed by atoms with Crippen molar-refractivity contribution < 1.29 is 0 Å². The van der Waals surface area contributed by atoms with Crippen molar-refractivity contribution in [3.05, 3.63) is 42.6 Å². The number of aryl methyl sites for hydroxylation is 1. The van der Waals surface area contributed by atoms with Crippen LogP contribution in [0.3, 0.4) is 0 Å². The molecule has 17 heavy (non-hydrogen) atoms. The Morgan fingerprint density at radius 3 is 2.76 bits per heavy atom. The highest BCUT2D eigenvalue weighted by Crippen LogP contribution is 2.20. The van der Waals surface area contributed by atoms with Crippen molar-refractivity contribution in [1.82, 2.24) is 15.0 Å². The molecule has 0 fully saturated rings. The molecule has 0 saturated carbocycles. The standard InChI is InChI=1S/C14H17N3/c1-2-3-4-7-13-12(6-5-8-16-13)14-11-15-9-10-17-14/h5-6,8-11H,2-4,7H2,1H3. The monoisotopic (exact) mass is 227 g/mol. The third-order valence-electron chi connectivity index (χ3n) is 2.75. The van der Waals surface area contributed by atoms with E-state index in [1.807, 2.05) is 12.3 Å². The molecule has 2 heterocycles.